The summed E-state index contributed by atoms with van der Waals surface area (Å²) in [5, 5.41) is 8.82. The summed E-state index contributed by atoms with van der Waals surface area (Å²) >= 11 is 0. The van der Waals surface area contributed by atoms with Crippen LogP contribution < -0.4 is 0 Å². The zero-order valence-electron chi connectivity index (χ0n) is 10.4. The van der Waals surface area contributed by atoms with Crippen LogP contribution in [0, 0.1) is 5.92 Å². The van der Waals surface area contributed by atoms with E-state index in [0.29, 0.717) is 13.1 Å². The molecule has 5 nitrogen and oxygen atoms in total. The molecule has 96 valence electrons. The van der Waals surface area contributed by atoms with Crippen molar-refractivity contribution in [1.82, 2.24) is 9.80 Å². The Labute approximate surface area is 102 Å². The summed E-state index contributed by atoms with van der Waals surface area (Å²) in [6, 6.07) is 0. The van der Waals surface area contributed by atoms with Gasteiger partial charge in [0.2, 0.25) is 5.91 Å². The van der Waals surface area contributed by atoms with Gasteiger partial charge in [-0.05, 0) is 26.9 Å². The van der Waals surface area contributed by atoms with E-state index in [1.807, 2.05) is 31.1 Å². The van der Waals surface area contributed by atoms with E-state index < -0.39 is 5.97 Å². The normalized spacial score (nSPS) is 15.5. The maximum Gasteiger partial charge on any atom is 0.323 e. The highest BCUT2D eigenvalue weighted by atomic mass is 16.4. The first kappa shape index (κ1) is 13.7. The number of carbonyl (C=O) groups excluding carboxylic acids is 1. The van der Waals surface area contributed by atoms with Crippen molar-refractivity contribution in [1.29, 1.82) is 0 Å². The molecule has 1 rings (SSSR count). The van der Waals surface area contributed by atoms with Gasteiger partial charge < -0.3 is 14.9 Å². The van der Waals surface area contributed by atoms with Gasteiger partial charge in [0.05, 0.1) is 0 Å². The highest BCUT2D eigenvalue weighted by Gasteiger charge is 2.25. The minimum atomic E-state index is -0.955. The van der Waals surface area contributed by atoms with Gasteiger partial charge in [-0.2, -0.15) is 0 Å². The van der Waals surface area contributed by atoms with Gasteiger partial charge in [-0.3, -0.25) is 9.59 Å². The first-order chi connectivity index (χ1) is 8.00. The Bertz CT molecular complexity index is 305. The Balaban J connectivity index is 2.54. The van der Waals surface area contributed by atoms with Crippen LogP contribution in [0.3, 0.4) is 0 Å². The fourth-order valence-electron chi connectivity index (χ4n) is 1.83. The largest absolute Gasteiger partial charge is 0.480 e. The molecule has 17 heavy (non-hydrogen) atoms. The van der Waals surface area contributed by atoms with Crippen LogP contribution in [-0.2, 0) is 9.59 Å². The van der Waals surface area contributed by atoms with Gasteiger partial charge in [-0.1, -0.05) is 12.2 Å². The number of carbonyl (C=O) groups is 2. The highest BCUT2D eigenvalue weighted by Crippen LogP contribution is 2.20. The predicted molar refractivity (Wildman–Crippen MR) is 64.6 cm³/mol. The van der Waals surface area contributed by atoms with E-state index >= 15 is 0 Å². The lowest BCUT2D eigenvalue weighted by Gasteiger charge is -2.25. The summed E-state index contributed by atoms with van der Waals surface area (Å²) in [6.45, 7) is 0.941. The molecule has 0 aromatic heterocycles. The third kappa shape index (κ3) is 4.56. The van der Waals surface area contributed by atoms with Gasteiger partial charge in [0, 0.05) is 19.0 Å². The number of carboxylic acids is 1. The van der Waals surface area contributed by atoms with E-state index in [4.69, 9.17) is 5.11 Å². The number of hydrogen-bond acceptors (Lipinski definition) is 3. The van der Waals surface area contributed by atoms with Crippen molar-refractivity contribution in [2.45, 2.75) is 12.8 Å². The first-order valence-corrected chi connectivity index (χ1v) is 5.81. The molecule has 0 aliphatic heterocycles. The number of amides is 1. The Morgan fingerprint density at radius 1 is 1.24 bits per heavy atom. The Hall–Kier alpha value is -1.36. The van der Waals surface area contributed by atoms with Crippen LogP contribution in [0.5, 0.6) is 0 Å². The quantitative estimate of drug-likeness (QED) is 0.684. The van der Waals surface area contributed by atoms with E-state index in [0.717, 1.165) is 12.8 Å². The van der Waals surface area contributed by atoms with Gasteiger partial charge >= 0.3 is 5.97 Å². The monoisotopic (exact) mass is 240 g/mol. The number of likely N-dealkylation sites (N-methyl/N-ethyl adjacent to an activating group) is 1. The van der Waals surface area contributed by atoms with Crippen LogP contribution >= 0.6 is 0 Å². The molecule has 0 fully saturated rings. The number of aliphatic carboxylic acids is 1. The minimum absolute atomic E-state index is 0.0424. The van der Waals surface area contributed by atoms with E-state index in [9.17, 15) is 9.59 Å². The third-order valence-corrected chi connectivity index (χ3v) is 2.81. The van der Waals surface area contributed by atoms with Crippen molar-refractivity contribution in [3.05, 3.63) is 12.2 Å². The molecule has 0 atom stereocenters. The summed E-state index contributed by atoms with van der Waals surface area (Å²) in [5.41, 5.74) is 0. The maximum absolute atomic E-state index is 12.1. The SMILES string of the molecule is CN(C)CCN(CC(=O)O)C(=O)C1CC=CC1. The molecule has 1 amide bonds. The van der Waals surface area contributed by atoms with Crippen LogP contribution in [0.4, 0.5) is 0 Å². The standard InChI is InChI=1S/C12H20N2O3/c1-13(2)7-8-14(9-11(15)16)12(17)10-5-3-4-6-10/h3-4,10H,5-9H2,1-2H3,(H,15,16). The number of allylic oxidation sites excluding steroid dienone is 2. The summed E-state index contributed by atoms with van der Waals surface area (Å²) in [7, 11) is 3.81. The van der Waals surface area contributed by atoms with Crippen LogP contribution in [0.15, 0.2) is 12.2 Å². The molecule has 0 saturated carbocycles. The number of nitrogens with zero attached hydrogens (tertiary/aromatic N) is 2. The Kier molecular flexibility index (Phi) is 5.15. The lowest BCUT2D eigenvalue weighted by atomic mass is 10.1. The average molecular weight is 240 g/mol. The van der Waals surface area contributed by atoms with E-state index in [-0.39, 0.29) is 18.4 Å². The topological polar surface area (TPSA) is 60.9 Å². The maximum atomic E-state index is 12.1. The van der Waals surface area contributed by atoms with E-state index in [1.54, 1.807) is 0 Å². The van der Waals surface area contributed by atoms with E-state index in [1.165, 1.54) is 4.90 Å². The molecule has 1 aliphatic rings. The van der Waals surface area contributed by atoms with Crippen molar-refractivity contribution in [2.75, 3.05) is 33.7 Å². The second-order valence-electron chi connectivity index (χ2n) is 4.60. The average Bonchev–Trinajstić information content (AvgIpc) is 2.75. The molecule has 0 aromatic rings. The van der Waals surface area contributed by atoms with Gasteiger partial charge in [-0.15, -0.1) is 0 Å². The van der Waals surface area contributed by atoms with Crippen molar-refractivity contribution >= 4 is 11.9 Å². The lowest BCUT2D eigenvalue weighted by Crippen LogP contribution is -2.42. The van der Waals surface area contributed by atoms with Crippen LogP contribution in [-0.4, -0.2) is 60.5 Å². The summed E-state index contributed by atoms with van der Waals surface area (Å²) < 4.78 is 0. The third-order valence-electron chi connectivity index (χ3n) is 2.81. The number of rotatable bonds is 6. The molecule has 0 aromatic carbocycles. The molecular weight excluding hydrogens is 220 g/mol. The molecule has 0 bridgehead atoms. The molecule has 0 saturated heterocycles. The molecule has 0 spiro atoms. The van der Waals surface area contributed by atoms with Crippen molar-refractivity contribution < 1.29 is 14.7 Å². The number of hydrogen-bond donors (Lipinski definition) is 1. The van der Waals surface area contributed by atoms with Crippen molar-refractivity contribution in [2.24, 2.45) is 5.92 Å². The second-order valence-corrected chi connectivity index (χ2v) is 4.60. The van der Waals surface area contributed by atoms with Crippen LogP contribution in [0.25, 0.3) is 0 Å². The van der Waals surface area contributed by atoms with E-state index in [2.05, 4.69) is 0 Å². The fourth-order valence-corrected chi connectivity index (χ4v) is 1.83. The minimum Gasteiger partial charge on any atom is -0.480 e. The highest BCUT2D eigenvalue weighted by molar-refractivity contribution is 5.83. The van der Waals surface area contributed by atoms with Crippen LogP contribution in [0.1, 0.15) is 12.8 Å². The van der Waals surface area contributed by atoms with Gasteiger partial charge in [0.15, 0.2) is 0 Å². The molecule has 1 N–H and O–H groups in total. The first-order valence-electron chi connectivity index (χ1n) is 5.81. The summed E-state index contributed by atoms with van der Waals surface area (Å²) in [5.74, 6) is -1.06. The van der Waals surface area contributed by atoms with Crippen LogP contribution in [0.2, 0.25) is 0 Å². The molecule has 5 heteroatoms. The fraction of sp³-hybridized carbons (Fsp3) is 0.667. The Morgan fingerprint density at radius 2 is 1.82 bits per heavy atom. The van der Waals surface area contributed by atoms with Crippen molar-refractivity contribution in [3.8, 4) is 0 Å². The Morgan fingerprint density at radius 3 is 2.29 bits per heavy atom. The lowest BCUT2D eigenvalue weighted by molar-refractivity contribution is -0.146. The molecular formula is C12H20N2O3. The molecule has 0 radical (unpaired) electrons. The second kappa shape index (κ2) is 6.39. The molecule has 0 heterocycles. The van der Waals surface area contributed by atoms with Gasteiger partial charge in [0.1, 0.15) is 6.54 Å². The summed E-state index contributed by atoms with van der Waals surface area (Å²) in [4.78, 5) is 26.2. The molecule has 1 aliphatic carbocycles. The molecule has 0 unspecified atom stereocenters. The van der Waals surface area contributed by atoms with Gasteiger partial charge in [0.25, 0.3) is 0 Å². The van der Waals surface area contributed by atoms with Gasteiger partial charge in [-0.25, -0.2) is 0 Å². The predicted octanol–water partition coefficient (Wildman–Crippen LogP) is 0.427. The number of carboxylic acid groups (broad SMARTS) is 1. The zero-order valence-corrected chi connectivity index (χ0v) is 10.4. The summed E-state index contributed by atoms with van der Waals surface area (Å²) in [6.07, 6.45) is 5.43. The zero-order chi connectivity index (χ0) is 12.8. The van der Waals surface area contributed by atoms with Crippen molar-refractivity contribution in [3.63, 3.8) is 0 Å². The smallest absolute Gasteiger partial charge is 0.323 e.